The summed E-state index contributed by atoms with van der Waals surface area (Å²) >= 11 is 0. The molecule has 1 radical (unpaired) electrons. The molecule has 0 heterocycles. The molecule has 0 rings (SSSR count). The van der Waals surface area contributed by atoms with Gasteiger partial charge in [-0.3, -0.25) is 0 Å². The molecule has 0 atom stereocenters. The molecule has 2 heteroatoms. The minimum Gasteiger partial charge on any atom is -0.381 e. The first-order valence-electron chi connectivity index (χ1n) is 4.22. The molecule has 0 unspecified atom stereocenters. The molecule has 0 bridgehead atoms. The number of hydrogen-bond donors (Lipinski definition) is 0. The molecule has 67 valence electrons. The fourth-order valence-corrected chi connectivity index (χ4v) is 0.684. The van der Waals surface area contributed by atoms with Gasteiger partial charge in [0.15, 0.2) is 0 Å². The highest BCUT2D eigenvalue weighted by Crippen LogP contribution is 1.93. The summed E-state index contributed by atoms with van der Waals surface area (Å²) in [5.74, 6) is 0.628. The van der Waals surface area contributed by atoms with Crippen molar-refractivity contribution >= 4 is 0 Å². The fraction of sp³-hybridized carbons (Fsp3) is 0.889. The molecule has 0 spiro atoms. The lowest BCUT2D eigenvalue weighted by Crippen LogP contribution is -2.05. The zero-order valence-electron chi connectivity index (χ0n) is 7.64. The number of hydrogen-bond acceptors (Lipinski definition) is 2. The molecule has 0 N–H and O–H groups in total. The minimum absolute atomic E-state index is 0.560. The largest absolute Gasteiger partial charge is 0.381 e. The van der Waals surface area contributed by atoms with E-state index in [-0.39, 0.29) is 0 Å². The van der Waals surface area contributed by atoms with Crippen LogP contribution in [0.1, 0.15) is 20.3 Å². The molecule has 0 saturated heterocycles. The monoisotopic (exact) mass is 159 g/mol. The Labute approximate surface area is 69.9 Å². The second-order valence-electron chi connectivity index (χ2n) is 2.93. The van der Waals surface area contributed by atoms with Gasteiger partial charge in [-0.05, 0) is 19.3 Å². The lowest BCUT2D eigenvalue weighted by atomic mass is 10.2. The van der Waals surface area contributed by atoms with Crippen LogP contribution in [0.15, 0.2) is 0 Å². The second-order valence-corrected chi connectivity index (χ2v) is 2.93. The van der Waals surface area contributed by atoms with E-state index >= 15 is 0 Å². The van der Waals surface area contributed by atoms with Gasteiger partial charge in [-0.1, -0.05) is 13.8 Å². The molecular weight excluding hydrogens is 140 g/mol. The van der Waals surface area contributed by atoms with Gasteiger partial charge in [-0.2, -0.15) is 0 Å². The second kappa shape index (κ2) is 8.02. The lowest BCUT2D eigenvalue weighted by molar-refractivity contribution is 0.0788. The third-order valence-electron chi connectivity index (χ3n) is 1.17. The van der Waals surface area contributed by atoms with Gasteiger partial charge < -0.3 is 9.47 Å². The van der Waals surface area contributed by atoms with Crippen LogP contribution in [0.4, 0.5) is 0 Å². The van der Waals surface area contributed by atoms with Crippen molar-refractivity contribution in [1.82, 2.24) is 0 Å². The highest BCUT2D eigenvalue weighted by molar-refractivity contribution is 4.41. The molecular formula is C9H19O2. The normalized spacial score (nSPS) is 10.9. The van der Waals surface area contributed by atoms with Crippen molar-refractivity contribution in [3.8, 4) is 0 Å². The maximum absolute atomic E-state index is 5.34. The van der Waals surface area contributed by atoms with Crippen molar-refractivity contribution in [2.45, 2.75) is 20.3 Å². The van der Waals surface area contributed by atoms with Crippen LogP contribution < -0.4 is 0 Å². The van der Waals surface area contributed by atoms with Crippen LogP contribution in [-0.4, -0.2) is 26.4 Å². The zero-order chi connectivity index (χ0) is 8.53. The minimum atomic E-state index is 0.560. The Balaban J connectivity index is 2.80. The Morgan fingerprint density at radius 3 is 2.36 bits per heavy atom. The van der Waals surface area contributed by atoms with E-state index in [0.29, 0.717) is 12.5 Å². The molecule has 0 saturated carbocycles. The average Bonchev–Trinajstić information content (AvgIpc) is 1.96. The first-order valence-corrected chi connectivity index (χ1v) is 4.22. The van der Waals surface area contributed by atoms with Crippen LogP contribution in [0.5, 0.6) is 0 Å². The Morgan fingerprint density at radius 2 is 1.82 bits per heavy atom. The summed E-state index contributed by atoms with van der Waals surface area (Å²) < 4.78 is 10.4. The summed E-state index contributed by atoms with van der Waals surface area (Å²) in [6.45, 7) is 10.8. The first-order chi connectivity index (χ1) is 5.27. The molecule has 11 heavy (non-hydrogen) atoms. The van der Waals surface area contributed by atoms with Crippen molar-refractivity contribution in [3.63, 3.8) is 0 Å². The third kappa shape index (κ3) is 9.92. The standard InChI is InChI=1S/C9H19O2/c1-4-10-6-5-7-11-8-9(2)3/h9H,1,4-8H2,2-3H3. The molecule has 0 aliphatic carbocycles. The molecule has 0 fully saturated rings. The lowest BCUT2D eigenvalue weighted by Gasteiger charge is -2.06. The Bertz CT molecular complexity index is 72.0. The zero-order valence-corrected chi connectivity index (χ0v) is 7.64. The summed E-state index contributed by atoms with van der Waals surface area (Å²) in [6.07, 6.45) is 0.974. The van der Waals surface area contributed by atoms with Crippen molar-refractivity contribution in [2.24, 2.45) is 5.92 Å². The Hall–Kier alpha value is -0.0800. The quantitative estimate of drug-likeness (QED) is 0.528. The topological polar surface area (TPSA) is 18.5 Å². The van der Waals surface area contributed by atoms with Gasteiger partial charge >= 0.3 is 0 Å². The summed E-state index contributed by atoms with van der Waals surface area (Å²) in [5.41, 5.74) is 0. The number of ether oxygens (including phenoxy) is 2. The van der Waals surface area contributed by atoms with E-state index in [2.05, 4.69) is 20.8 Å². The fourth-order valence-electron chi connectivity index (χ4n) is 0.684. The highest BCUT2D eigenvalue weighted by atomic mass is 16.5. The van der Waals surface area contributed by atoms with E-state index in [1.807, 2.05) is 0 Å². The van der Waals surface area contributed by atoms with E-state index in [1.165, 1.54) is 0 Å². The molecule has 0 aromatic heterocycles. The van der Waals surface area contributed by atoms with Crippen molar-refractivity contribution < 1.29 is 9.47 Å². The Kier molecular flexibility index (Phi) is 7.96. The van der Waals surface area contributed by atoms with Gasteiger partial charge in [0, 0.05) is 26.4 Å². The third-order valence-corrected chi connectivity index (χ3v) is 1.17. The molecule has 2 nitrogen and oxygen atoms in total. The predicted octanol–water partition coefficient (Wildman–Crippen LogP) is 1.90. The van der Waals surface area contributed by atoms with E-state index in [1.54, 1.807) is 0 Å². The van der Waals surface area contributed by atoms with E-state index in [9.17, 15) is 0 Å². The maximum atomic E-state index is 5.34. The smallest absolute Gasteiger partial charge is 0.0489 e. The van der Waals surface area contributed by atoms with Crippen LogP contribution in [0.3, 0.4) is 0 Å². The molecule has 0 aromatic carbocycles. The molecule has 0 aromatic rings. The van der Waals surface area contributed by atoms with Gasteiger partial charge in [0.1, 0.15) is 0 Å². The van der Waals surface area contributed by atoms with Crippen LogP contribution >= 0.6 is 0 Å². The van der Waals surface area contributed by atoms with Gasteiger partial charge in [0.2, 0.25) is 0 Å². The summed E-state index contributed by atoms with van der Waals surface area (Å²) in [7, 11) is 0. The molecule has 0 aliphatic heterocycles. The first kappa shape index (κ1) is 10.9. The number of rotatable bonds is 7. The SMILES string of the molecule is [CH2]COCCCOCC(C)C. The van der Waals surface area contributed by atoms with E-state index in [0.717, 1.165) is 26.2 Å². The van der Waals surface area contributed by atoms with Gasteiger partial charge in [0.25, 0.3) is 0 Å². The van der Waals surface area contributed by atoms with E-state index < -0.39 is 0 Å². The van der Waals surface area contributed by atoms with Crippen LogP contribution in [-0.2, 0) is 9.47 Å². The van der Waals surface area contributed by atoms with Crippen LogP contribution in [0.25, 0.3) is 0 Å². The molecule has 0 aliphatic rings. The summed E-state index contributed by atoms with van der Waals surface area (Å²) in [4.78, 5) is 0. The van der Waals surface area contributed by atoms with Gasteiger partial charge in [0.05, 0.1) is 0 Å². The average molecular weight is 159 g/mol. The summed E-state index contributed by atoms with van der Waals surface area (Å²) in [5, 5.41) is 0. The predicted molar refractivity (Wildman–Crippen MR) is 46.5 cm³/mol. The van der Waals surface area contributed by atoms with Crippen molar-refractivity contribution in [1.29, 1.82) is 0 Å². The summed E-state index contributed by atoms with van der Waals surface area (Å²) in [6, 6.07) is 0. The highest BCUT2D eigenvalue weighted by Gasteiger charge is 1.92. The van der Waals surface area contributed by atoms with E-state index in [4.69, 9.17) is 9.47 Å². The van der Waals surface area contributed by atoms with Crippen LogP contribution in [0.2, 0.25) is 0 Å². The van der Waals surface area contributed by atoms with Crippen LogP contribution in [0, 0.1) is 12.8 Å². The van der Waals surface area contributed by atoms with Crippen molar-refractivity contribution in [2.75, 3.05) is 26.4 Å². The Morgan fingerprint density at radius 1 is 1.18 bits per heavy atom. The van der Waals surface area contributed by atoms with Gasteiger partial charge in [-0.25, -0.2) is 0 Å². The van der Waals surface area contributed by atoms with Gasteiger partial charge in [-0.15, -0.1) is 0 Å². The maximum Gasteiger partial charge on any atom is 0.0489 e. The molecule has 0 amide bonds. The van der Waals surface area contributed by atoms with Crippen molar-refractivity contribution in [3.05, 3.63) is 6.92 Å².